The molecule has 8 heteroatoms. The van der Waals surface area contributed by atoms with Crippen molar-refractivity contribution < 1.29 is 27.4 Å². The van der Waals surface area contributed by atoms with Crippen LogP contribution in [0.1, 0.15) is 42.1 Å². The highest BCUT2D eigenvalue weighted by Crippen LogP contribution is 2.18. The molecule has 0 amide bonds. The van der Waals surface area contributed by atoms with E-state index in [9.17, 15) is 17.6 Å². The maximum absolute atomic E-state index is 13.9. The van der Waals surface area contributed by atoms with E-state index in [0.717, 1.165) is 37.5 Å². The van der Waals surface area contributed by atoms with Crippen LogP contribution in [0.2, 0.25) is 0 Å². The van der Waals surface area contributed by atoms with Gasteiger partial charge in [0.2, 0.25) is 10.0 Å². The molecule has 0 aliphatic carbocycles. The lowest BCUT2D eigenvalue weighted by molar-refractivity contribution is 0.0696. The van der Waals surface area contributed by atoms with Crippen LogP contribution < -0.4 is 9.46 Å². The summed E-state index contributed by atoms with van der Waals surface area (Å²) in [6, 6.07) is 9.53. The topological polar surface area (TPSA) is 92.7 Å². The number of unbranched alkanes of at least 4 members (excludes halogenated alkanes) is 2. The van der Waals surface area contributed by atoms with Crippen molar-refractivity contribution in [3.8, 4) is 5.75 Å². The van der Waals surface area contributed by atoms with E-state index >= 15 is 0 Å². The summed E-state index contributed by atoms with van der Waals surface area (Å²) < 4.78 is 46.3. The largest absolute Gasteiger partial charge is 0.494 e. The molecular weight excluding hydrogens is 373 g/mol. The Hall–Kier alpha value is -2.45. The fourth-order valence-corrected chi connectivity index (χ4v) is 3.46. The lowest BCUT2D eigenvalue weighted by Crippen LogP contribution is -2.24. The zero-order chi connectivity index (χ0) is 19.9. The van der Waals surface area contributed by atoms with Crippen LogP contribution in [0.4, 0.5) is 4.39 Å². The number of hydrogen-bond donors (Lipinski definition) is 2. The fourth-order valence-electron chi connectivity index (χ4n) is 2.34. The molecule has 0 fully saturated rings. The maximum Gasteiger partial charge on any atom is 0.335 e. The Morgan fingerprint density at radius 3 is 2.48 bits per heavy atom. The third-order valence-electron chi connectivity index (χ3n) is 3.87. The van der Waals surface area contributed by atoms with Crippen molar-refractivity contribution in [2.24, 2.45) is 0 Å². The van der Waals surface area contributed by atoms with E-state index in [4.69, 9.17) is 9.84 Å². The first-order valence-corrected chi connectivity index (χ1v) is 10.1. The molecule has 2 N–H and O–H groups in total. The van der Waals surface area contributed by atoms with E-state index in [-0.39, 0.29) is 12.1 Å². The van der Waals surface area contributed by atoms with Crippen molar-refractivity contribution in [2.45, 2.75) is 37.6 Å². The lowest BCUT2D eigenvalue weighted by Gasteiger charge is -2.10. The van der Waals surface area contributed by atoms with Gasteiger partial charge in [-0.1, -0.05) is 31.9 Å². The van der Waals surface area contributed by atoms with Crippen LogP contribution in [0.5, 0.6) is 5.75 Å². The first-order valence-electron chi connectivity index (χ1n) is 8.57. The van der Waals surface area contributed by atoms with Gasteiger partial charge >= 0.3 is 5.97 Å². The van der Waals surface area contributed by atoms with Crippen LogP contribution in [0.25, 0.3) is 0 Å². The molecule has 0 saturated carbocycles. The number of ether oxygens (including phenoxy) is 1. The highest BCUT2D eigenvalue weighted by molar-refractivity contribution is 7.89. The molecule has 27 heavy (non-hydrogen) atoms. The molecule has 146 valence electrons. The van der Waals surface area contributed by atoms with Crippen LogP contribution in [0.15, 0.2) is 47.4 Å². The van der Waals surface area contributed by atoms with Crippen LogP contribution >= 0.6 is 0 Å². The summed E-state index contributed by atoms with van der Waals surface area (Å²) in [5.41, 5.74) is 0.357. The summed E-state index contributed by atoms with van der Waals surface area (Å²) >= 11 is 0. The van der Waals surface area contributed by atoms with Gasteiger partial charge in [-0.05, 0) is 42.3 Å². The van der Waals surface area contributed by atoms with Crippen molar-refractivity contribution in [1.29, 1.82) is 0 Å². The van der Waals surface area contributed by atoms with Crippen molar-refractivity contribution in [3.05, 3.63) is 59.4 Å². The quantitative estimate of drug-likeness (QED) is 0.600. The third kappa shape index (κ3) is 6.04. The molecule has 6 nitrogen and oxygen atoms in total. The molecule has 0 spiro atoms. The second kappa shape index (κ2) is 9.48. The summed E-state index contributed by atoms with van der Waals surface area (Å²) in [6.07, 6.45) is 3.18. The zero-order valence-corrected chi connectivity index (χ0v) is 15.8. The van der Waals surface area contributed by atoms with E-state index in [0.29, 0.717) is 17.9 Å². The van der Waals surface area contributed by atoms with Gasteiger partial charge in [0, 0.05) is 6.54 Å². The fraction of sp³-hybridized carbons (Fsp3) is 0.316. The average molecular weight is 395 g/mol. The normalized spacial score (nSPS) is 11.3. The standard InChI is InChI=1S/C19H22FNO5S/c1-2-3-4-11-26-16-8-5-14(6-9-16)13-21-27(24,25)18-12-15(19(22)23)7-10-17(18)20/h5-10,12,21H,2-4,11,13H2,1H3,(H,22,23). The smallest absolute Gasteiger partial charge is 0.335 e. The number of carbonyl (C=O) groups is 1. The zero-order valence-electron chi connectivity index (χ0n) is 14.9. The summed E-state index contributed by atoms with van der Waals surface area (Å²) in [6.45, 7) is 2.67. The molecule has 2 aromatic rings. The van der Waals surface area contributed by atoms with Gasteiger partial charge in [-0.15, -0.1) is 0 Å². The minimum Gasteiger partial charge on any atom is -0.494 e. The summed E-state index contributed by atoms with van der Waals surface area (Å²) in [4.78, 5) is 10.3. The number of sulfonamides is 1. The Bertz CT molecular complexity index is 881. The second-order valence-corrected chi connectivity index (χ2v) is 7.71. The lowest BCUT2D eigenvalue weighted by atomic mass is 10.2. The van der Waals surface area contributed by atoms with Gasteiger partial charge in [0.15, 0.2) is 0 Å². The molecule has 0 aromatic heterocycles. The SMILES string of the molecule is CCCCCOc1ccc(CNS(=O)(=O)c2cc(C(=O)O)ccc2F)cc1. The number of benzene rings is 2. The van der Waals surface area contributed by atoms with Crippen molar-refractivity contribution in [3.63, 3.8) is 0 Å². The molecule has 0 heterocycles. The maximum atomic E-state index is 13.9. The Morgan fingerprint density at radius 2 is 1.85 bits per heavy atom. The molecule has 0 atom stereocenters. The Morgan fingerprint density at radius 1 is 1.15 bits per heavy atom. The Kier molecular flexibility index (Phi) is 7.32. The van der Waals surface area contributed by atoms with Crippen molar-refractivity contribution >= 4 is 16.0 Å². The van der Waals surface area contributed by atoms with Gasteiger partial charge < -0.3 is 9.84 Å². The predicted molar refractivity (Wildman–Crippen MR) is 98.8 cm³/mol. The second-order valence-electron chi connectivity index (χ2n) is 5.97. The van der Waals surface area contributed by atoms with Crippen LogP contribution in [-0.4, -0.2) is 26.1 Å². The summed E-state index contributed by atoms with van der Waals surface area (Å²) in [5.74, 6) is -1.65. The monoisotopic (exact) mass is 395 g/mol. The molecule has 0 unspecified atom stereocenters. The van der Waals surface area contributed by atoms with Gasteiger partial charge in [0.05, 0.1) is 12.2 Å². The summed E-state index contributed by atoms with van der Waals surface area (Å²) in [7, 11) is -4.20. The number of rotatable bonds is 10. The van der Waals surface area contributed by atoms with Gasteiger partial charge in [-0.25, -0.2) is 22.3 Å². The Labute approximate surface area is 158 Å². The number of aromatic carboxylic acids is 1. The van der Waals surface area contributed by atoms with E-state index in [1.165, 1.54) is 0 Å². The third-order valence-corrected chi connectivity index (χ3v) is 5.29. The van der Waals surface area contributed by atoms with Crippen molar-refractivity contribution in [2.75, 3.05) is 6.61 Å². The predicted octanol–water partition coefficient (Wildman–Crippen LogP) is 3.57. The molecule has 0 bridgehead atoms. The van der Waals surface area contributed by atoms with Gasteiger partial charge in [-0.2, -0.15) is 0 Å². The highest BCUT2D eigenvalue weighted by Gasteiger charge is 2.21. The van der Waals surface area contributed by atoms with Gasteiger partial charge in [0.25, 0.3) is 0 Å². The van der Waals surface area contributed by atoms with Crippen LogP contribution in [-0.2, 0) is 16.6 Å². The number of nitrogens with one attached hydrogen (secondary N) is 1. The minimum absolute atomic E-state index is 0.0603. The van der Waals surface area contributed by atoms with Gasteiger partial charge in [-0.3, -0.25) is 0 Å². The molecule has 0 radical (unpaired) electrons. The summed E-state index contributed by atoms with van der Waals surface area (Å²) in [5, 5.41) is 8.94. The van der Waals surface area contributed by atoms with E-state index in [1.54, 1.807) is 24.3 Å². The molecule has 2 aromatic carbocycles. The van der Waals surface area contributed by atoms with E-state index < -0.39 is 26.7 Å². The van der Waals surface area contributed by atoms with Crippen molar-refractivity contribution in [1.82, 2.24) is 4.72 Å². The minimum atomic E-state index is -4.20. The number of hydrogen-bond acceptors (Lipinski definition) is 4. The Balaban J connectivity index is 2.01. The molecule has 0 saturated heterocycles. The number of halogens is 1. The molecule has 0 aliphatic rings. The average Bonchev–Trinajstić information content (AvgIpc) is 2.64. The number of carboxylic acids is 1. The number of carboxylic acid groups (broad SMARTS) is 1. The molecule has 0 aliphatic heterocycles. The molecular formula is C19H22FNO5S. The van der Waals surface area contributed by atoms with Crippen LogP contribution in [0, 0.1) is 5.82 Å². The first kappa shape index (κ1) is 20.9. The molecule has 2 rings (SSSR count). The van der Waals surface area contributed by atoms with E-state index in [1.807, 2.05) is 0 Å². The van der Waals surface area contributed by atoms with Crippen LogP contribution in [0.3, 0.4) is 0 Å². The van der Waals surface area contributed by atoms with Gasteiger partial charge in [0.1, 0.15) is 16.5 Å². The first-order chi connectivity index (χ1) is 12.8. The van der Waals surface area contributed by atoms with E-state index in [2.05, 4.69) is 11.6 Å². The highest BCUT2D eigenvalue weighted by atomic mass is 32.2.